The first kappa shape index (κ1) is 13.8. The molecule has 1 amide bonds. The van der Waals surface area contributed by atoms with Crippen molar-refractivity contribution in [2.45, 2.75) is 32.5 Å². The number of thiophene rings is 1. The van der Waals surface area contributed by atoms with Crippen LogP contribution < -0.4 is 5.73 Å². The average molecular weight is 278 g/mol. The molecule has 0 spiro atoms. The SMILES string of the molecule is CC[C@@H](N)C(=O)N(Cc1ccco1)Cc1cccs1. The summed E-state index contributed by atoms with van der Waals surface area (Å²) in [5, 5.41) is 2.00. The Bertz CT molecular complexity index is 457. The second-order valence-corrected chi connectivity index (χ2v) is 5.40. The van der Waals surface area contributed by atoms with E-state index in [1.54, 1.807) is 22.5 Å². The van der Waals surface area contributed by atoms with Crippen LogP contribution in [0.25, 0.3) is 0 Å². The lowest BCUT2D eigenvalue weighted by molar-refractivity contribution is -0.134. The van der Waals surface area contributed by atoms with Crippen molar-refractivity contribution in [3.63, 3.8) is 0 Å². The van der Waals surface area contributed by atoms with E-state index in [4.69, 9.17) is 10.2 Å². The van der Waals surface area contributed by atoms with Crippen LogP contribution in [0.4, 0.5) is 0 Å². The zero-order valence-electron chi connectivity index (χ0n) is 10.9. The lowest BCUT2D eigenvalue weighted by atomic mass is 10.2. The highest BCUT2D eigenvalue weighted by atomic mass is 32.1. The van der Waals surface area contributed by atoms with Crippen LogP contribution in [0, 0.1) is 0 Å². The van der Waals surface area contributed by atoms with Crippen molar-refractivity contribution in [1.29, 1.82) is 0 Å². The highest BCUT2D eigenvalue weighted by molar-refractivity contribution is 7.09. The Hall–Kier alpha value is -1.59. The van der Waals surface area contributed by atoms with E-state index in [2.05, 4.69) is 0 Å². The zero-order chi connectivity index (χ0) is 13.7. The van der Waals surface area contributed by atoms with Crippen LogP contribution >= 0.6 is 11.3 Å². The normalized spacial score (nSPS) is 12.3. The van der Waals surface area contributed by atoms with E-state index in [1.807, 2.05) is 36.6 Å². The topological polar surface area (TPSA) is 59.5 Å². The highest BCUT2D eigenvalue weighted by Gasteiger charge is 2.21. The van der Waals surface area contributed by atoms with Crippen molar-refractivity contribution >= 4 is 17.2 Å². The molecule has 2 rings (SSSR count). The van der Waals surface area contributed by atoms with Gasteiger partial charge in [-0.25, -0.2) is 0 Å². The van der Waals surface area contributed by atoms with E-state index in [-0.39, 0.29) is 5.91 Å². The number of carbonyl (C=O) groups excluding carboxylic acids is 1. The maximum absolute atomic E-state index is 12.3. The average Bonchev–Trinajstić information content (AvgIpc) is 3.09. The molecule has 2 N–H and O–H groups in total. The fourth-order valence-electron chi connectivity index (χ4n) is 1.80. The van der Waals surface area contributed by atoms with Crippen LogP contribution in [0.15, 0.2) is 40.3 Å². The van der Waals surface area contributed by atoms with Crippen molar-refractivity contribution in [2.24, 2.45) is 5.73 Å². The standard InChI is InChI=1S/C14H18N2O2S/c1-2-13(15)14(17)16(9-11-5-3-7-18-11)10-12-6-4-8-19-12/h3-8,13H,2,9-10,15H2,1H3/t13-/m1/s1. The van der Waals surface area contributed by atoms with Gasteiger partial charge in [0.15, 0.2) is 0 Å². The minimum absolute atomic E-state index is 0.0349. The van der Waals surface area contributed by atoms with E-state index in [0.717, 1.165) is 10.6 Å². The number of carbonyl (C=O) groups is 1. The summed E-state index contributed by atoms with van der Waals surface area (Å²) in [7, 11) is 0. The molecule has 2 aromatic heterocycles. The van der Waals surface area contributed by atoms with Crippen molar-refractivity contribution in [1.82, 2.24) is 4.90 Å². The molecule has 0 aliphatic heterocycles. The maximum Gasteiger partial charge on any atom is 0.240 e. The molecule has 0 aromatic carbocycles. The Morgan fingerprint density at radius 3 is 2.84 bits per heavy atom. The molecular weight excluding hydrogens is 260 g/mol. The number of hydrogen-bond acceptors (Lipinski definition) is 4. The minimum atomic E-state index is -0.449. The van der Waals surface area contributed by atoms with E-state index < -0.39 is 6.04 Å². The van der Waals surface area contributed by atoms with Crippen molar-refractivity contribution < 1.29 is 9.21 Å². The van der Waals surface area contributed by atoms with Gasteiger partial charge < -0.3 is 15.1 Å². The Kier molecular flexibility index (Phi) is 4.76. The number of nitrogens with zero attached hydrogens (tertiary/aromatic N) is 1. The third kappa shape index (κ3) is 3.68. The molecule has 19 heavy (non-hydrogen) atoms. The highest BCUT2D eigenvalue weighted by Crippen LogP contribution is 2.16. The van der Waals surface area contributed by atoms with Gasteiger partial charge in [0.25, 0.3) is 0 Å². The lowest BCUT2D eigenvalue weighted by Crippen LogP contribution is -2.42. The first-order valence-corrected chi connectivity index (χ1v) is 7.17. The summed E-state index contributed by atoms with van der Waals surface area (Å²) < 4.78 is 5.32. The fraction of sp³-hybridized carbons (Fsp3) is 0.357. The Morgan fingerprint density at radius 1 is 1.42 bits per heavy atom. The molecule has 0 radical (unpaired) electrons. The van der Waals surface area contributed by atoms with Gasteiger partial charge in [0.2, 0.25) is 5.91 Å². The zero-order valence-corrected chi connectivity index (χ0v) is 11.7. The molecular formula is C14H18N2O2S. The van der Waals surface area contributed by atoms with Crippen molar-refractivity contribution in [2.75, 3.05) is 0 Å². The number of furan rings is 1. The summed E-state index contributed by atoms with van der Waals surface area (Å²) in [5.41, 5.74) is 5.86. The van der Waals surface area contributed by atoms with Crippen LogP contribution in [0.1, 0.15) is 24.0 Å². The molecule has 102 valence electrons. The van der Waals surface area contributed by atoms with Crippen molar-refractivity contribution in [3.05, 3.63) is 46.5 Å². The molecule has 0 saturated heterocycles. The van der Waals surface area contributed by atoms with Gasteiger partial charge in [-0.05, 0) is 30.0 Å². The quantitative estimate of drug-likeness (QED) is 0.883. The van der Waals surface area contributed by atoms with Crippen LogP contribution in [-0.2, 0) is 17.9 Å². The Balaban J connectivity index is 2.10. The molecule has 0 bridgehead atoms. The number of rotatable bonds is 6. The summed E-state index contributed by atoms with van der Waals surface area (Å²) >= 11 is 1.64. The lowest BCUT2D eigenvalue weighted by Gasteiger charge is -2.24. The van der Waals surface area contributed by atoms with Gasteiger partial charge in [-0.15, -0.1) is 11.3 Å². The molecule has 0 fully saturated rings. The molecule has 0 saturated carbocycles. The first-order valence-electron chi connectivity index (χ1n) is 6.29. The van der Waals surface area contributed by atoms with E-state index in [0.29, 0.717) is 19.5 Å². The van der Waals surface area contributed by atoms with Crippen LogP contribution in [0.3, 0.4) is 0 Å². The summed E-state index contributed by atoms with van der Waals surface area (Å²) in [4.78, 5) is 15.2. The van der Waals surface area contributed by atoms with Gasteiger partial charge in [0.05, 0.1) is 25.4 Å². The second kappa shape index (κ2) is 6.54. The summed E-state index contributed by atoms with van der Waals surface area (Å²) in [6.45, 7) is 2.95. The van der Waals surface area contributed by atoms with Crippen LogP contribution in [-0.4, -0.2) is 16.8 Å². The van der Waals surface area contributed by atoms with E-state index in [1.165, 1.54) is 0 Å². The molecule has 2 aromatic rings. The summed E-state index contributed by atoms with van der Waals surface area (Å²) in [5.74, 6) is 0.737. The van der Waals surface area contributed by atoms with E-state index in [9.17, 15) is 4.79 Å². The molecule has 5 heteroatoms. The first-order chi connectivity index (χ1) is 9.20. The summed E-state index contributed by atoms with van der Waals surface area (Å²) in [6.07, 6.45) is 2.25. The number of nitrogens with two attached hydrogens (primary N) is 1. The molecule has 0 unspecified atom stereocenters. The van der Waals surface area contributed by atoms with Gasteiger partial charge >= 0.3 is 0 Å². The largest absolute Gasteiger partial charge is 0.467 e. The minimum Gasteiger partial charge on any atom is -0.467 e. The van der Waals surface area contributed by atoms with Gasteiger partial charge in [-0.2, -0.15) is 0 Å². The van der Waals surface area contributed by atoms with Crippen LogP contribution in [0.2, 0.25) is 0 Å². The number of hydrogen-bond donors (Lipinski definition) is 1. The van der Waals surface area contributed by atoms with Gasteiger partial charge in [-0.3, -0.25) is 4.79 Å². The van der Waals surface area contributed by atoms with Crippen LogP contribution in [0.5, 0.6) is 0 Å². The molecule has 4 nitrogen and oxygen atoms in total. The third-order valence-electron chi connectivity index (χ3n) is 2.92. The van der Waals surface area contributed by atoms with Gasteiger partial charge in [0, 0.05) is 4.88 Å². The molecule has 1 atom stereocenters. The molecule has 0 aliphatic rings. The van der Waals surface area contributed by atoms with Crippen molar-refractivity contribution in [3.8, 4) is 0 Å². The monoisotopic (exact) mass is 278 g/mol. The van der Waals surface area contributed by atoms with E-state index >= 15 is 0 Å². The smallest absolute Gasteiger partial charge is 0.240 e. The fourth-order valence-corrected chi connectivity index (χ4v) is 2.52. The van der Waals surface area contributed by atoms with Gasteiger partial charge in [0.1, 0.15) is 5.76 Å². The molecule has 0 aliphatic carbocycles. The Morgan fingerprint density at radius 2 is 2.26 bits per heavy atom. The number of amides is 1. The third-order valence-corrected chi connectivity index (χ3v) is 3.78. The predicted octanol–water partition coefficient (Wildman–Crippen LogP) is 2.61. The van der Waals surface area contributed by atoms with Gasteiger partial charge in [-0.1, -0.05) is 13.0 Å². The predicted molar refractivity (Wildman–Crippen MR) is 75.5 cm³/mol. The second-order valence-electron chi connectivity index (χ2n) is 4.37. The Labute approximate surface area is 116 Å². The molecule has 2 heterocycles. The summed E-state index contributed by atoms with van der Waals surface area (Å²) in [6, 6.07) is 7.24. The maximum atomic E-state index is 12.3.